The number of morpholine rings is 1. The molecule has 1 aliphatic rings. The highest BCUT2D eigenvalue weighted by Gasteiger charge is 2.30. The van der Waals surface area contributed by atoms with E-state index in [1.165, 1.54) is 17.0 Å². The van der Waals surface area contributed by atoms with Gasteiger partial charge in [0.15, 0.2) is 0 Å². The molecule has 21 heavy (non-hydrogen) atoms. The molecule has 1 amide bonds. The first kappa shape index (κ1) is 15.8. The van der Waals surface area contributed by atoms with E-state index in [1.54, 1.807) is 0 Å². The average molecular weight is 303 g/mol. The van der Waals surface area contributed by atoms with Gasteiger partial charge in [-0.05, 0) is 24.1 Å². The van der Waals surface area contributed by atoms with E-state index >= 15 is 0 Å². The van der Waals surface area contributed by atoms with Gasteiger partial charge in [-0.15, -0.1) is 0 Å². The summed E-state index contributed by atoms with van der Waals surface area (Å²) in [6, 6.07) is 4.75. The molecule has 0 aromatic heterocycles. The highest BCUT2D eigenvalue weighted by atomic mass is 19.4. The van der Waals surface area contributed by atoms with E-state index in [4.69, 9.17) is 9.84 Å². The minimum Gasteiger partial charge on any atom is -0.396 e. The summed E-state index contributed by atoms with van der Waals surface area (Å²) in [5, 5.41) is 8.88. The quantitative estimate of drug-likeness (QED) is 0.923. The number of hydrogen-bond donors (Lipinski definition) is 1. The van der Waals surface area contributed by atoms with Crippen molar-refractivity contribution in [2.45, 2.75) is 25.2 Å². The van der Waals surface area contributed by atoms with Gasteiger partial charge >= 0.3 is 6.18 Å². The van der Waals surface area contributed by atoms with Crippen molar-refractivity contribution < 1.29 is 27.8 Å². The van der Waals surface area contributed by atoms with Crippen LogP contribution in [0.4, 0.5) is 13.2 Å². The van der Waals surface area contributed by atoms with Crippen LogP contribution >= 0.6 is 0 Å². The van der Waals surface area contributed by atoms with Crippen LogP contribution in [0.3, 0.4) is 0 Å². The lowest BCUT2D eigenvalue weighted by Crippen LogP contribution is -2.46. The van der Waals surface area contributed by atoms with Gasteiger partial charge < -0.3 is 14.7 Å². The molecule has 4 nitrogen and oxygen atoms in total. The fourth-order valence-electron chi connectivity index (χ4n) is 2.17. The summed E-state index contributed by atoms with van der Waals surface area (Å²) in [7, 11) is 0. The van der Waals surface area contributed by atoms with Crippen LogP contribution in [0.2, 0.25) is 0 Å². The lowest BCUT2D eigenvalue weighted by molar-refractivity contribution is -0.150. The van der Waals surface area contributed by atoms with Crippen molar-refractivity contribution >= 4 is 5.91 Å². The minimum absolute atomic E-state index is 0.0347. The third kappa shape index (κ3) is 4.18. The average Bonchev–Trinajstić information content (AvgIpc) is 2.42. The minimum atomic E-state index is -4.36. The number of halogens is 3. The van der Waals surface area contributed by atoms with Crippen molar-refractivity contribution in [3.63, 3.8) is 0 Å². The Morgan fingerprint density at radius 3 is 2.52 bits per heavy atom. The first-order valence-corrected chi connectivity index (χ1v) is 6.56. The van der Waals surface area contributed by atoms with Gasteiger partial charge in [0, 0.05) is 19.7 Å². The predicted molar refractivity (Wildman–Crippen MR) is 68.3 cm³/mol. The molecule has 0 saturated carbocycles. The Balaban J connectivity index is 2.01. The molecule has 0 spiro atoms. The molecule has 116 valence electrons. The molecule has 1 saturated heterocycles. The molecule has 1 heterocycles. The molecule has 2 rings (SSSR count). The van der Waals surface area contributed by atoms with Crippen molar-refractivity contribution in [3.8, 4) is 0 Å². The van der Waals surface area contributed by atoms with Gasteiger partial charge in [0.2, 0.25) is 5.91 Å². The highest BCUT2D eigenvalue weighted by molar-refractivity contribution is 5.78. The molecule has 1 fully saturated rings. The number of benzene rings is 1. The van der Waals surface area contributed by atoms with Crippen molar-refractivity contribution in [1.82, 2.24) is 4.90 Å². The van der Waals surface area contributed by atoms with Crippen molar-refractivity contribution in [1.29, 1.82) is 0 Å². The summed E-state index contributed by atoms with van der Waals surface area (Å²) in [6.45, 7) is 0.473. The third-order valence-electron chi connectivity index (χ3n) is 3.33. The molecule has 0 aliphatic carbocycles. The molecule has 7 heteroatoms. The van der Waals surface area contributed by atoms with Crippen molar-refractivity contribution in [2.24, 2.45) is 0 Å². The van der Waals surface area contributed by atoms with E-state index in [-0.39, 0.29) is 31.8 Å². The van der Waals surface area contributed by atoms with Crippen LogP contribution in [0.15, 0.2) is 24.3 Å². The van der Waals surface area contributed by atoms with E-state index in [9.17, 15) is 18.0 Å². The van der Waals surface area contributed by atoms with Gasteiger partial charge in [-0.2, -0.15) is 13.2 Å². The number of alkyl halides is 3. The number of amides is 1. The van der Waals surface area contributed by atoms with Gasteiger partial charge in [0.05, 0.1) is 11.7 Å². The van der Waals surface area contributed by atoms with Gasteiger partial charge in [0.25, 0.3) is 0 Å². The van der Waals surface area contributed by atoms with Crippen molar-refractivity contribution in [2.75, 3.05) is 19.8 Å². The Kier molecular flexibility index (Phi) is 4.84. The zero-order chi connectivity index (χ0) is 15.5. The molecule has 1 unspecified atom stereocenters. The molecular formula is C14H16F3NO3. The Morgan fingerprint density at radius 2 is 1.95 bits per heavy atom. The lowest BCUT2D eigenvalue weighted by atomic mass is 10.1. The van der Waals surface area contributed by atoms with Crippen LogP contribution in [0.25, 0.3) is 0 Å². The number of aliphatic hydroxyl groups excluding tert-OH is 1. The maximum Gasteiger partial charge on any atom is 0.416 e. The molecular weight excluding hydrogens is 287 g/mol. The maximum atomic E-state index is 12.5. The fourth-order valence-corrected chi connectivity index (χ4v) is 2.17. The molecule has 0 radical (unpaired) electrons. The summed E-state index contributed by atoms with van der Waals surface area (Å²) in [5.74, 6) is -0.205. The summed E-state index contributed by atoms with van der Waals surface area (Å²) in [6.07, 6.45) is -4.17. The van der Waals surface area contributed by atoms with Crippen molar-refractivity contribution in [3.05, 3.63) is 35.4 Å². The molecule has 1 aliphatic heterocycles. The molecule has 1 atom stereocenters. The van der Waals surface area contributed by atoms with Gasteiger partial charge in [-0.1, -0.05) is 12.1 Å². The molecule has 1 N–H and O–H groups in total. The zero-order valence-electron chi connectivity index (χ0n) is 11.3. The van der Waals surface area contributed by atoms with Crippen LogP contribution in [0, 0.1) is 0 Å². The van der Waals surface area contributed by atoms with Crippen LogP contribution in [0.5, 0.6) is 0 Å². The first-order valence-electron chi connectivity index (χ1n) is 6.56. The Bertz CT molecular complexity index is 487. The predicted octanol–water partition coefficient (Wildman–Crippen LogP) is 1.82. The normalized spacial score (nSPS) is 19.9. The van der Waals surface area contributed by atoms with E-state index in [1.807, 2.05) is 0 Å². The van der Waals surface area contributed by atoms with Crippen LogP contribution in [-0.4, -0.2) is 41.8 Å². The second-order valence-electron chi connectivity index (χ2n) is 4.91. The Labute approximate surface area is 120 Å². The largest absolute Gasteiger partial charge is 0.416 e. The SMILES string of the molecule is O=C1COC(CCO)CN1Cc1ccc(C(F)(F)F)cc1. The summed E-state index contributed by atoms with van der Waals surface area (Å²) in [5.41, 5.74) is -0.0845. The first-order chi connectivity index (χ1) is 9.90. The second-order valence-corrected chi connectivity index (χ2v) is 4.91. The van der Waals surface area contributed by atoms with E-state index in [0.717, 1.165) is 12.1 Å². The smallest absolute Gasteiger partial charge is 0.396 e. The highest BCUT2D eigenvalue weighted by Crippen LogP contribution is 2.29. The van der Waals surface area contributed by atoms with Crippen LogP contribution < -0.4 is 0 Å². The number of nitrogens with zero attached hydrogens (tertiary/aromatic N) is 1. The van der Waals surface area contributed by atoms with E-state index in [2.05, 4.69) is 0 Å². The summed E-state index contributed by atoms with van der Waals surface area (Å²) in [4.78, 5) is 13.3. The number of hydrogen-bond acceptors (Lipinski definition) is 3. The fraction of sp³-hybridized carbons (Fsp3) is 0.500. The lowest BCUT2D eigenvalue weighted by Gasteiger charge is -2.32. The molecule has 1 aromatic carbocycles. The van der Waals surface area contributed by atoms with E-state index in [0.29, 0.717) is 18.5 Å². The maximum absolute atomic E-state index is 12.5. The number of carbonyl (C=O) groups excluding carboxylic acids is 1. The number of rotatable bonds is 4. The Hall–Kier alpha value is -1.60. The van der Waals surface area contributed by atoms with Gasteiger partial charge in [-0.3, -0.25) is 4.79 Å². The molecule has 0 bridgehead atoms. The van der Waals surface area contributed by atoms with Crippen LogP contribution in [0.1, 0.15) is 17.5 Å². The zero-order valence-corrected chi connectivity index (χ0v) is 11.3. The monoisotopic (exact) mass is 303 g/mol. The van der Waals surface area contributed by atoms with E-state index < -0.39 is 11.7 Å². The number of ether oxygens (including phenoxy) is 1. The Morgan fingerprint density at radius 1 is 1.29 bits per heavy atom. The van der Waals surface area contributed by atoms with Crippen LogP contribution in [-0.2, 0) is 22.3 Å². The topological polar surface area (TPSA) is 49.8 Å². The van der Waals surface area contributed by atoms with Gasteiger partial charge in [0.1, 0.15) is 6.61 Å². The summed E-state index contributed by atoms with van der Waals surface area (Å²) < 4.78 is 42.7. The summed E-state index contributed by atoms with van der Waals surface area (Å²) >= 11 is 0. The second kappa shape index (κ2) is 6.44. The third-order valence-corrected chi connectivity index (χ3v) is 3.33. The van der Waals surface area contributed by atoms with Gasteiger partial charge in [-0.25, -0.2) is 0 Å². The molecule has 1 aromatic rings. The number of aliphatic hydroxyl groups is 1. The standard InChI is InChI=1S/C14H16F3NO3/c15-14(16,17)11-3-1-10(2-4-11)7-18-8-12(5-6-19)21-9-13(18)20/h1-4,12,19H,5-9H2. The number of carbonyl (C=O) groups is 1.